The molecule has 0 fully saturated rings. The molecule has 1 aliphatic carbocycles. The van der Waals surface area contributed by atoms with Crippen LogP contribution < -0.4 is 0 Å². The van der Waals surface area contributed by atoms with Gasteiger partial charge in [0, 0.05) is 0 Å². The second kappa shape index (κ2) is 59.1. The predicted molar refractivity (Wildman–Crippen MR) is 213 cm³/mol. The van der Waals surface area contributed by atoms with Gasteiger partial charge in [-0.3, -0.25) is 0 Å². The van der Waals surface area contributed by atoms with Crippen LogP contribution >= 0.6 is 0 Å². The third kappa shape index (κ3) is 51.4. The van der Waals surface area contributed by atoms with Crippen LogP contribution in [0.15, 0.2) is 146 Å². The van der Waals surface area contributed by atoms with Crippen LogP contribution in [-0.4, -0.2) is 0 Å². The van der Waals surface area contributed by atoms with Crippen LogP contribution in [0.2, 0.25) is 0 Å². The highest BCUT2D eigenvalue weighted by Gasteiger charge is 1.85. The fourth-order valence-corrected chi connectivity index (χ4v) is 2.44. The lowest BCUT2D eigenvalue weighted by atomic mass is 10.1. The number of benzene rings is 4. The van der Waals surface area contributed by atoms with E-state index in [1.54, 1.807) is 0 Å². The molecular formula is C44H74. The highest BCUT2D eigenvalue weighted by Crippen LogP contribution is 2.11. The summed E-state index contributed by atoms with van der Waals surface area (Å²) in [5.74, 6) is 0. The molecule has 0 amide bonds. The van der Waals surface area contributed by atoms with Gasteiger partial charge in [-0.15, -0.1) is 0 Å². The van der Waals surface area contributed by atoms with E-state index >= 15 is 0 Å². The Kier molecular flexibility index (Phi) is 71.5. The van der Waals surface area contributed by atoms with Crippen molar-refractivity contribution in [3.63, 3.8) is 0 Å². The first-order valence-corrected chi connectivity index (χ1v) is 17.0. The number of fused-ring (bicyclic) bond motifs is 1. The highest BCUT2D eigenvalue weighted by atomic mass is 13.9. The Balaban J connectivity index is -0.0000000964. The molecule has 0 radical (unpaired) electrons. The number of allylic oxidation sites excluding steroid dienone is 4. The van der Waals surface area contributed by atoms with Gasteiger partial charge in [0.1, 0.15) is 0 Å². The average molecular weight is 603 g/mol. The van der Waals surface area contributed by atoms with Gasteiger partial charge in [0.15, 0.2) is 0 Å². The third-order valence-corrected chi connectivity index (χ3v) is 3.88. The summed E-state index contributed by atoms with van der Waals surface area (Å²) >= 11 is 0. The summed E-state index contributed by atoms with van der Waals surface area (Å²) in [6, 6.07) is 40.7. The van der Waals surface area contributed by atoms with Crippen molar-refractivity contribution in [3.05, 3.63) is 146 Å². The molecule has 4 aromatic rings. The van der Waals surface area contributed by atoms with E-state index in [1.807, 2.05) is 114 Å². The first kappa shape index (κ1) is 53.2. The van der Waals surface area contributed by atoms with E-state index in [0.717, 1.165) is 0 Å². The molecule has 0 aliphatic heterocycles. The molecule has 250 valence electrons. The Labute approximate surface area is 278 Å². The zero-order chi connectivity index (χ0) is 33.7. The molecule has 0 aromatic heterocycles. The molecule has 0 spiro atoms. The maximum Gasteiger partial charge on any atom is -0.0184 e. The van der Waals surface area contributed by atoms with Crippen molar-refractivity contribution >= 4 is 10.8 Å². The standard InChI is InChI=1S/C10H8.C6H8.2C6H6.3C3H8.3C2H6.CH4/c1-2-6-10-8-4-3-7-9(10)5-1;3*1-2-4-6-5-3-1;3*1-3-2;3*1-2;/h1-8H;1-4H,5-6H2;2*1-6H;3*3H2,1-2H3;3*1-2H3;1H4. The summed E-state index contributed by atoms with van der Waals surface area (Å²) in [5, 5.41) is 2.62. The van der Waals surface area contributed by atoms with E-state index in [1.165, 1.54) is 42.9 Å². The molecular weight excluding hydrogens is 528 g/mol. The molecule has 5 rings (SSSR count). The highest BCUT2D eigenvalue weighted by molar-refractivity contribution is 5.82. The second-order valence-electron chi connectivity index (χ2n) is 8.21. The summed E-state index contributed by atoms with van der Waals surface area (Å²) in [6.07, 6.45) is 14.8. The second-order valence-corrected chi connectivity index (χ2v) is 8.21. The molecule has 1 aliphatic rings. The Morgan fingerprint density at radius 2 is 0.500 bits per heavy atom. The monoisotopic (exact) mass is 603 g/mol. The summed E-state index contributed by atoms with van der Waals surface area (Å²) in [6.45, 7) is 24.8. The number of hydrogen-bond acceptors (Lipinski definition) is 0. The van der Waals surface area contributed by atoms with Crippen LogP contribution in [0, 0.1) is 0 Å². The lowest BCUT2D eigenvalue weighted by Crippen LogP contribution is -1.67. The predicted octanol–water partition coefficient (Wildman–Crippen LogP) is 16.1. The smallest absolute Gasteiger partial charge is 0.0184 e. The van der Waals surface area contributed by atoms with Crippen LogP contribution in [0.5, 0.6) is 0 Å². The molecule has 4 aromatic carbocycles. The van der Waals surface area contributed by atoms with E-state index < -0.39 is 0 Å². The fourth-order valence-electron chi connectivity index (χ4n) is 2.44. The van der Waals surface area contributed by atoms with Crippen LogP contribution in [0.1, 0.15) is 123 Å². The van der Waals surface area contributed by atoms with Crippen molar-refractivity contribution in [1.82, 2.24) is 0 Å². The molecule has 0 unspecified atom stereocenters. The van der Waals surface area contributed by atoms with Crippen molar-refractivity contribution < 1.29 is 0 Å². The SMILES string of the molecule is C.C1=CCCC=C1.CC.CC.CC.CCC.CCC.CCC.c1ccc2ccccc2c1.c1ccccc1.c1ccccc1. The van der Waals surface area contributed by atoms with Gasteiger partial charge >= 0.3 is 0 Å². The molecule has 0 atom stereocenters. The molecule has 0 heterocycles. The number of rotatable bonds is 0. The van der Waals surface area contributed by atoms with Gasteiger partial charge in [-0.05, 0) is 23.6 Å². The van der Waals surface area contributed by atoms with Crippen molar-refractivity contribution in [1.29, 1.82) is 0 Å². The maximum atomic E-state index is 2.18. The van der Waals surface area contributed by atoms with Crippen molar-refractivity contribution in [2.75, 3.05) is 0 Å². The average Bonchev–Trinajstić information content (AvgIpc) is 3.12. The Morgan fingerprint density at radius 3 is 0.614 bits per heavy atom. The molecule has 0 N–H and O–H groups in total. The summed E-state index contributed by atoms with van der Waals surface area (Å²) in [7, 11) is 0. The van der Waals surface area contributed by atoms with Crippen LogP contribution in [0.3, 0.4) is 0 Å². The van der Waals surface area contributed by atoms with Gasteiger partial charge in [0.25, 0.3) is 0 Å². The first-order valence-electron chi connectivity index (χ1n) is 17.0. The van der Waals surface area contributed by atoms with Crippen LogP contribution in [0.4, 0.5) is 0 Å². The lowest BCUT2D eigenvalue weighted by molar-refractivity contribution is 1.04. The zero-order valence-electron chi connectivity index (χ0n) is 30.4. The Morgan fingerprint density at radius 1 is 0.341 bits per heavy atom. The Bertz CT molecular complexity index is 785. The molecule has 0 bridgehead atoms. The van der Waals surface area contributed by atoms with Gasteiger partial charge in [-0.25, -0.2) is 0 Å². The van der Waals surface area contributed by atoms with E-state index in [-0.39, 0.29) is 7.43 Å². The van der Waals surface area contributed by atoms with Crippen LogP contribution in [0.25, 0.3) is 10.8 Å². The summed E-state index contributed by atoms with van der Waals surface area (Å²) in [4.78, 5) is 0. The molecule has 0 heteroatoms. The van der Waals surface area contributed by atoms with Crippen molar-refractivity contribution in [2.45, 2.75) is 123 Å². The van der Waals surface area contributed by atoms with Crippen LogP contribution in [-0.2, 0) is 0 Å². The zero-order valence-corrected chi connectivity index (χ0v) is 30.4. The third-order valence-electron chi connectivity index (χ3n) is 3.88. The minimum Gasteiger partial charge on any atom is -0.0842 e. The van der Waals surface area contributed by atoms with E-state index in [9.17, 15) is 0 Å². The van der Waals surface area contributed by atoms with Gasteiger partial charge in [0.05, 0.1) is 0 Å². The number of hydrogen-bond donors (Lipinski definition) is 0. The van der Waals surface area contributed by atoms with Gasteiger partial charge < -0.3 is 0 Å². The first-order chi connectivity index (χ1) is 21.2. The summed E-state index contributed by atoms with van der Waals surface area (Å²) < 4.78 is 0. The fraction of sp³-hybridized carbons (Fsp3) is 0.409. The van der Waals surface area contributed by atoms with Gasteiger partial charge in [0.2, 0.25) is 0 Å². The van der Waals surface area contributed by atoms with Crippen molar-refractivity contribution in [3.8, 4) is 0 Å². The molecule has 0 nitrogen and oxygen atoms in total. The Hall–Kier alpha value is -3.38. The lowest BCUT2D eigenvalue weighted by Gasteiger charge is -1.92. The largest absolute Gasteiger partial charge is 0.0842 e. The summed E-state index contributed by atoms with van der Waals surface area (Å²) in [5.41, 5.74) is 0. The minimum absolute atomic E-state index is 0. The van der Waals surface area contributed by atoms with Crippen molar-refractivity contribution in [2.24, 2.45) is 0 Å². The van der Waals surface area contributed by atoms with E-state index in [0.29, 0.717) is 0 Å². The van der Waals surface area contributed by atoms with E-state index in [4.69, 9.17) is 0 Å². The quantitative estimate of drug-likeness (QED) is 0.188. The molecule has 0 saturated heterocycles. The normalized spacial score (nSPS) is 8.64. The molecule has 44 heavy (non-hydrogen) atoms. The molecule has 0 saturated carbocycles. The topological polar surface area (TPSA) is 0 Å². The maximum absolute atomic E-state index is 2.18. The van der Waals surface area contributed by atoms with Gasteiger partial charge in [-0.2, -0.15) is 0 Å². The minimum atomic E-state index is 0. The van der Waals surface area contributed by atoms with Gasteiger partial charge in [-0.1, -0.05) is 255 Å². The van der Waals surface area contributed by atoms with E-state index in [2.05, 4.69) is 114 Å².